The lowest BCUT2D eigenvalue weighted by Gasteiger charge is -2.32. The molecule has 4 rings (SSSR count). The predicted octanol–water partition coefficient (Wildman–Crippen LogP) is 5.26. The molecule has 7 heteroatoms. The molecule has 2 aliphatic heterocycles. The van der Waals surface area contributed by atoms with Crippen LogP contribution in [-0.2, 0) is 6.54 Å². The molecule has 2 aliphatic rings. The number of carbonyl (C=O) groups is 1. The summed E-state index contributed by atoms with van der Waals surface area (Å²) < 4.78 is 20.8. The summed E-state index contributed by atoms with van der Waals surface area (Å²) in [7, 11) is 0. The Bertz CT molecular complexity index is 1220. The van der Waals surface area contributed by atoms with Gasteiger partial charge in [0.15, 0.2) is 11.6 Å². The smallest absolute Gasteiger partial charge is 0.251 e. The molecular weight excluding hydrogens is 491 g/mol. The molecule has 0 radical (unpaired) electrons. The fourth-order valence-corrected chi connectivity index (χ4v) is 5.04. The van der Waals surface area contributed by atoms with Gasteiger partial charge in [-0.3, -0.25) is 14.6 Å². The monoisotopic (exact) mass is 528 g/mol. The number of benzene rings is 2. The zero-order valence-corrected chi connectivity index (χ0v) is 22.4. The van der Waals surface area contributed by atoms with Gasteiger partial charge in [0.1, 0.15) is 6.10 Å². The third-order valence-electron chi connectivity index (χ3n) is 7.28. The zero-order chi connectivity index (χ0) is 27.6. The van der Waals surface area contributed by atoms with Crippen LogP contribution in [0.4, 0.5) is 4.39 Å². The van der Waals surface area contributed by atoms with Crippen molar-refractivity contribution in [2.24, 2.45) is 0 Å². The van der Waals surface area contributed by atoms with E-state index in [1.807, 2.05) is 18.2 Å². The number of likely N-dealkylation sites (tertiary alicyclic amines) is 2. The van der Waals surface area contributed by atoms with Crippen molar-refractivity contribution < 1.29 is 13.9 Å². The number of nitriles is 1. The van der Waals surface area contributed by atoms with Crippen LogP contribution < -0.4 is 10.1 Å². The van der Waals surface area contributed by atoms with E-state index < -0.39 is 5.82 Å². The maximum atomic E-state index is 14.9. The molecule has 2 heterocycles. The number of piperidine rings is 2. The standard InChI is InChI=1S/C32H37FN4O2/c1-24(21-34)8-9-25(2)22-36-18-14-29(15-19-36)39-31-11-10-27(20-30(31)33)32(38)35-28-12-16-37(17-13-28)23-26-6-4-3-5-7-26/h3-11,20,28-29H,1-2,12-19,22-23H2,(H,35,38)/b9-8-. The van der Waals surface area contributed by atoms with Crippen molar-refractivity contribution in [1.82, 2.24) is 15.1 Å². The molecule has 0 aliphatic carbocycles. The Morgan fingerprint density at radius 2 is 1.72 bits per heavy atom. The van der Waals surface area contributed by atoms with Crippen LogP contribution >= 0.6 is 0 Å². The van der Waals surface area contributed by atoms with Crippen molar-refractivity contribution in [1.29, 1.82) is 5.26 Å². The summed E-state index contributed by atoms with van der Waals surface area (Å²) in [6.45, 7) is 12.7. The van der Waals surface area contributed by atoms with Gasteiger partial charge in [-0.1, -0.05) is 49.6 Å². The summed E-state index contributed by atoms with van der Waals surface area (Å²) in [6, 6.07) is 16.9. The Labute approximate surface area is 231 Å². The Morgan fingerprint density at radius 1 is 1.03 bits per heavy atom. The van der Waals surface area contributed by atoms with Crippen LogP contribution in [0.1, 0.15) is 41.6 Å². The highest BCUT2D eigenvalue weighted by Gasteiger charge is 2.24. The molecular formula is C32H37FN4O2. The second-order valence-electron chi connectivity index (χ2n) is 10.4. The number of halogens is 1. The van der Waals surface area contributed by atoms with Crippen molar-refractivity contribution in [2.75, 3.05) is 32.7 Å². The normalized spacial score (nSPS) is 17.5. The SMILES string of the molecule is C=C(C#N)/C=C\C(=C)CN1CCC(Oc2ccc(C(=O)NC3CCN(Cc4ccccc4)CC3)cc2F)CC1. The molecule has 1 N–H and O–H groups in total. The number of hydrogen-bond acceptors (Lipinski definition) is 5. The molecule has 6 nitrogen and oxygen atoms in total. The molecule has 2 fully saturated rings. The number of nitrogens with zero attached hydrogens (tertiary/aromatic N) is 3. The average Bonchev–Trinajstić information content (AvgIpc) is 2.95. The van der Waals surface area contributed by atoms with Gasteiger partial charge in [0.25, 0.3) is 5.91 Å². The van der Waals surface area contributed by atoms with Gasteiger partial charge < -0.3 is 10.1 Å². The third kappa shape index (κ3) is 8.64. The molecule has 2 aromatic carbocycles. The van der Waals surface area contributed by atoms with E-state index in [1.54, 1.807) is 18.2 Å². The van der Waals surface area contributed by atoms with Crippen LogP contribution in [0.15, 0.2) is 85.0 Å². The van der Waals surface area contributed by atoms with Gasteiger partial charge in [0, 0.05) is 56.4 Å². The van der Waals surface area contributed by atoms with Crippen LogP contribution in [0.2, 0.25) is 0 Å². The molecule has 0 unspecified atom stereocenters. The fourth-order valence-electron chi connectivity index (χ4n) is 5.04. The molecule has 0 saturated carbocycles. The van der Waals surface area contributed by atoms with E-state index in [0.717, 1.165) is 64.0 Å². The van der Waals surface area contributed by atoms with Gasteiger partial charge in [0.05, 0.1) is 6.07 Å². The van der Waals surface area contributed by atoms with Crippen molar-refractivity contribution >= 4 is 5.91 Å². The van der Waals surface area contributed by atoms with Crippen LogP contribution in [0.3, 0.4) is 0 Å². The molecule has 2 saturated heterocycles. The van der Waals surface area contributed by atoms with Crippen molar-refractivity contribution in [3.63, 3.8) is 0 Å². The van der Waals surface area contributed by atoms with E-state index in [2.05, 4.69) is 52.5 Å². The van der Waals surface area contributed by atoms with Gasteiger partial charge in [-0.15, -0.1) is 0 Å². The lowest BCUT2D eigenvalue weighted by atomic mass is 10.0. The minimum absolute atomic E-state index is 0.0846. The fraction of sp³-hybridized carbons (Fsp3) is 0.375. The molecule has 0 atom stereocenters. The van der Waals surface area contributed by atoms with Crippen molar-refractivity contribution in [3.05, 3.63) is 102 Å². The van der Waals surface area contributed by atoms with E-state index in [-0.39, 0.29) is 23.8 Å². The first kappa shape index (κ1) is 28.3. The Kier molecular flexibility index (Phi) is 10.1. The van der Waals surface area contributed by atoms with E-state index in [9.17, 15) is 9.18 Å². The van der Waals surface area contributed by atoms with Crippen LogP contribution in [-0.4, -0.2) is 60.6 Å². The Hall–Kier alpha value is -3.73. The van der Waals surface area contributed by atoms with Gasteiger partial charge >= 0.3 is 0 Å². The number of nitrogens with one attached hydrogen (secondary N) is 1. The van der Waals surface area contributed by atoms with Crippen molar-refractivity contribution in [2.45, 2.75) is 44.4 Å². The predicted molar refractivity (Wildman–Crippen MR) is 152 cm³/mol. The van der Waals surface area contributed by atoms with Gasteiger partial charge in [-0.05, 0) is 61.1 Å². The summed E-state index contributed by atoms with van der Waals surface area (Å²) in [5, 5.41) is 11.9. The molecule has 0 aromatic heterocycles. The van der Waals surface area contributed by atoms with Crippen molar-refractivity contribution in [3.8, 4) is 11.8 Å². The van der Waals surface area contributed by atoms with E-state index >= 15 is 0 Å². The largest absolute Gasteiger partial charge is 0.487 e. The highest BCUT2D eigenvalue weighted by molar-refractivity contribution is 5.94. The summed E-state index contributed by atoms with van der Waals surface area (Å²) in [5.74, 6) is -0.580. The summed E-state index contributed by atoms with van der Waals surface area (Å²) in [5.41, 5.74) is 2.91. The number of rotatable bonds is 10. The highest BCUT2D eigenvalue weighted by Crippen LogP contribution is 2.24. The number of hydrogen-bond donors (Lipinski definition) is 1. The third-order valence-corrected chi connectivity index (χ3v) is 7.28. The second kappa shape index (κ2) is 13.9. The average molecular weight is 529 g/mol. The summed E-state index contributed by atoms with van der Waals surface area (Å²) in [6.07, 6.45) is 6.69. The second-order valence-corrected chi connectivity index (χ2v) is 10.4. The van der Waals surface area contributed by atoms with Crippen LogP contribution in [0.25, 0.3) is 0 Å². The van der Waals surface area contributed by atoms with Gasteiger partial charge in [-0.2, -0.15) is 5.26 Å². The first-order valence-electron chi connectivity index (χ1n) is 13.6. The quantitative estimate of drug-likeness (QED) is 0.337. The lowest BCUT2D eigenvalue weighted by molar-refractivity contribution is 0.0907. The minimum Gasteiger partial charge on any atom is -0.487 e. The Balaban J connectivity index is 1.19. The van der Waals surface area contributed by atoms with Crippen LogP contribution in [0, 0.1) is 17.1 Å². The molecule has 39 heavy (non-hydrogen) atoms. The topological polar surface area (TPSA) is 68.6 Å². The minimum atomic E-state index is -0.515. The lowest BCUT2D eigenvalue weighted by Crippen LogP contribution is -2.44. The Morgan fingerprint density at radius 3 is 2.38 bits per heavy atom. The van der Waals surface area contributed by atoms with E-state index in [0.29, 0.717) is 17.7 Å². The summed E-state index contributed by atoms with van der Waals surface area (Å²) >= 11 is 0. The molecule has 204 valence electrons. The van der Waals surface area contributed by atoms with Gasteiger partial charge in [0.2, 0.25) is 0 Å². The summed E-state index contributed by atoms with van der Waals surface area (Å²) in [4.78, 5) is 17.5. The maximum absolute atomic E-state index is 14.9. The first-order chi connectivity index (χ1) is 18.9. The molecule has 0 spiro atoms. The highest BCUT2D eigenvalue weighted by atomic mass is 19.1. The van der Waals surface area contributed by atoms with Crippen LogP contribution in [0.5, 0.6) is 5.75 Å². The zero-order valence-electron chi connectivity index (χ0n) is 22.4. The van der Waals surface area contributed by atoms with E-state index in [4.69, 9.17) is 10.00 Å². The number of allylic oxidation sites excluding steroid dienone is 2. The molecule has 2 aromatic rings. The first-order valence-corrected chi connectivity index (χ1v) is 13.6. The van der Waals surface area contributed by atoms with Gasteiger partial charge in [-0.25, -0.2) is 4.39 Å². The number of amides is 1. The molecule has 0 bridgehead atoms. The van der Waals surface area contributed by atoms with E-state index in [1.165, 1.54) is 11.6 Å². The molecule has 1 amide bonds. The maximum Gasteiger partial charge on any atom is 0.251 e. The number of ether oxygens (including phenoxy) is 1. The number of carbonyl (C=O) groups excluding carboxylic acids is 1.